The van der Waals surface area contributed by atoms with Crippen LogP contribution in [0.25, 0.3) is 0 Å². The zero-order valence-electron chi connectivity index (χ0n) is 11.6. The van der Waals surface area contributed by atoms with Gasteiger partial charge in [-0.15, -0.1) is 0 Å². The average molecular weight is 249 g/mol. The second kappa shape index (κ2) is 7.17. The summed E-state index contributed by atoms with van der Waals surface area (Å²) in [5.41, 5.74) is 1.25. The van der Waals surface area contributed by atoms with E-state index in [1.165, 1.54) is 12.7 Å². The molecule has 0 saturated carbocycles. The lowest BCUT2D eigenvalue weighted by Crippen LogP contribution is -2.42. The number of nitrogens with one attached hydrogen (secondary N) is 1. The smallest absolute Gasteiger partial charge is 0.322 e. The fourth-order valence-corrected chi connectivity index (χ4v) is 2.05. The van der Waals surface area contributed by atoms with Gasteiger partial charge in [-0.05, 0) is 17.9 Å². The molecule has 2 unspecified atom stereocenters. The maximum Gasteiger partial charge on any atom is 0.322 e. The summed E-state index contributed by atoms with van der Waals surface area (Å²) in [6.07, 6.45) is 0.745. The summed E-state index contributed by atoms with van der Waals surface area (Å²) in [5, 5.41) is 3.26. The lowest BCUT2D eigenvalue weighted by Gasteiger charge is -2.22. The molecule has 0 aliphatic rings. The predicted octanol–water partition coefficient (Wildman–Crippen LogP) is 2.72. The summed E-state index contributed by atoms with van der Waals surface area (Å²) in [4.78, 5) is 11.7. The molecule has 3 heteroatoms. The fourth-order valence-electron chi connectivity index (χ4n) is 2.05. The summed E-state index contributed by atoms with van der Waals surface area (Å²) in [7, 11) is 1.44. The highest BCUT2D eigenvalue weighted by Gasteiger charge is 2.22. The molecule has 18 heavy (non-hydrogen) atoms. The van der Waals surface area contributed by atoms with Crippen LogP contribution in [0.5, 0.6) is 0 Å². The lowest BCUT2D eigenvalue weighted by molar-refractivity contribution is -0.143. The van der Waals surface area contributed by atoms with Crippen molar-refractivity contribution in [3.63, 3.8) is 0 Å². The number of carbonyl (C=O) groups is 1. The Morgan fingerprint density at radius 1 is 1.22 bits per heavy atom. The van der Waals surface area contributed by atoms with Crippen LogP contribution < -0.4 is 5.32 Å². The molecule has 0 bridgehead atoms. The van der Waals surface area contributed by atoms with E-state index in [1.54, 1.807) is 0 Å². The van der Waals surface area contributed by atoms with Gasteiger partial charge in [-0.25, -0.2) is 0 Å². The first-order chi connectivity index (χ1) is 8.54. The molecule has 1 aromatic carbocycles. The van der Waals surface area contributed by atoms with Crippen molar-refractivity contribution >= 4 is 5.97 Å². The number of hydrogen-bond donors (Lipinski definition) is 1. The average Bonchev–Trinajstić information content (AvgIpc) is 2.37. The van der Waals surface area contributed by atoms with E-state index in [0.717, 1.165) is 6.42 Å². The van der Waals surface area contributed by atoms with Crippen LogP contribution in [0.1, 0.15) is 38.7 Å². The van der Waals surface area contributed by atoms with E-state index in [4.69, 9.17) is 4.74 Å². The first-order valence-corrected chi connectivity index (χ1v) is 6.43. The summed E-state index contributed by atoms with van der Waals surface area (Å²) in [6.45, 7) is 6.19. The van der Waals surface area contributed by atoms with Crippen LogP contribution in [0.4, 0.5) is 0 Å². The van der Waals surface area contributed by atoms with E-state index in [-0.39, 0.29) is 18.1 Å². The van der Waals surface area contributed by atoms with Gasteiger partial charge >= 0.3 is 5.97 Å². The van der Waals surface area contributed by atoms with Crippen molar-refractivity contribution in [3.05, 3.63) is 35.9 Å². The van der Waals surface area contributed by atoms with Crippen molar-refractivity contribution in [2.24, 2.45) is 0 Å². The highest BCUT2D eigenvalue weighted by atomic mass is 16.5. The molecule has 0 radical (unpaired) electrons. The molecule has 2 atom stereocenters. The Morgan fingerprint density at radius 2 is 1.83 bits per heavy atom. The Hall–Kier alpha value is -1.35. The van der Waals surface area contributed by atoms with Gasteiger partial charge in [-0.3, -0.25) is 4.79 Å². The highest BCUT2D eigenvalue weighted by molar-refractivity contribution is 5.75. The lowest BCUT2D eigenvalue weighted by atomic mass is 9.93. The molecule has 0 saturated heterocycles. The van der Waals surface area contributed by atoms with Crippen molar-refractivity contribution in [3.8, 4) is 0 Å². The van der Waals surface area contributed by atoms with E-state index in [2.05, 4.69) is 24.4 Å². The maximum atomic E-state index is 11.7. The second-order valence-electron chi connectivity index (χ2n) is 4.94. The van der Waals surface area contributed by atoms with Gasteiger partial charge in [-0.2, -0.15) is 0 Å². The minimum Gasteiger partial charge on any atom is -0.468 e. The van der Waals surface area contributed by atoms with Crippen LogP contribution in [0, 0.1) is 0 Å². The molecule has 0 aromatic heterocycles. The van der Waals surface area contributed by atoms with Gasteiger partial charge in [-0.1, -0.05) is 51.1 Å². The SMILES string of the molecule is COC(=O)C(CC(C)c1ccccc1)NC(C)C. The Kier molecular flexibility index (Phi) is 5.86. The number of benzene rings is 1. The Balaban J connectivity index is 2.68. The molecule has 3 nitrogen and oxygen atoms in total. The Morgan fingerprint density at radius 3 is 2.33 bits per heavy atom. The highest BCUT2D eigenvalue weighted by Crippen LogP contribution is 2.20. The third kappa shape index (κ3) is 4.49. The number of esters is 1. The fraction of sp³-hybridized carbons (Fsp3) is 0.533. The normalized spacial score (nSPS) is 14.3. The number of methoxy groups -OCH3 is 1. The molecule has 1 N–H and O–H groups in total. The molecule has 0 spiro atoms. The zero-order chi connectivity index (χ0) is 13.5. The van der Waals surface area contributed by atoms with Gasteiger partial charge in [0.1, 0.15) is 6.04 Å². The van der Waals surface area contributed by atoms with E-state index < -0.39 is 0 Å². The second-order valence-corrected chi connectivity index (χ2v) is 4.94. The molecular formula is C15H23NO2. The van der Waals surface area contributed by atoms with Crippen molar-refractivity contribution in [1.29, 1.82) is 0 Å². The summed E-state index contributed by atoms with van der Waals surface area (Å²) in [6, 6.07) is 10.2. The minimum absolute atomic E-state index is 0.188. The van der Waals surface area contributed by atoms with Crippen LogP contribution >= 0.6 is 0 Å². The predicted molar refractivity (Wildman–Crippen MR) is 73.5 cm³/mol. The number of ether oxygens (including phenoxy) is 1. The largest absolute Gasteiger partial charge is 0.468 e. The molecule has 0 heterocycles. The quantitative estimate of drug-likeness (QED) is 0.788. The van der Waals surface area contributed by atoms with Gasteiger partial charge in [0, 0.05) is 6.04 Å². The topological polar surface area (TPSA) is 38.3 Å². The number of carbonyl (C=O) groups excluding carboxylic acids is 1. The van der Waals surface area contributed by atoms with Crippen molar-refractivity contribution < 1.29 is 9.53 Å². The zero-order valence-corrected chi connectivity index (χ0v) is 11.6. The number of rotatable bonds is 6. The van der Waals surface area contributed by atoms with E-state index in [9.17, 15) is 4.79 Å². The molecular weight excluding hydrogens is 226 g/mol. The van der Waals surface area contributed by atoms with Crippen LogP contribution in [-0.2, 0) is 9.53 Å². The summed E-state index contributed by atoms with van der Waals surface area (Å²) < 4.78 is 4.85. The van der Waals surface area contributed by atoms with Gasteiger partial charge < -0.3 is 10.1 Å². The van der Waals surface area contributed by atoms with Crippen molar-refractivity contribution in [2.75, 3.05) is 7.11 Å². The first kappa shape index (κ1) is 14.7. The summed E-state index contributed by atoms with van der Waals surface area (Å²) >= 11 is 0. The molecule has 0 aliphatic carbocycles. The van der Waals surface area contributed by atoms with Gasteiger partial charge in [0.15, 0.2) is 0 Å². The van der Waals surface area contributed by atoms with Gasteiger partial charge in [0.05, 0.1) is 7.11 Å². The first-order valence-electron chi connectivity index (χ1n) is 6.43. The minimum atomic E-state index is -0.245. The molecule has 1 aromatic rings. The summed E-state index contributed by atoms with van der Waals surface area (Å²) in [5.74, 6) is 0.132. The molecule has 0 fully saturated rings. The van der Waals surface area contributed by atoms with Crippen molar-refractivity contribution in [2.45, 2.75) is 45.2 Å². The van der Waals surface area contributed by atoms with Crippen molar-refractivity contribution in [1.82, 2.24) is 5.32 Å². The molecule has 1 rings (SSSR count). The third-order valence-electron chi connectivity index (χ3n) is 2.98. The third-order valence-corrected chi connectivity index (χ3v) is 2.98. The molecule has 0 aliphatic heterocycles. The molecule has 100 valence electrons. The monoisotopic (exact) mass is 249 g/mol. The van der Waals surface area contributed by atoms with E-state index in [1.807, 2.05) is 32.0 Å². The number of hydrogen-bond acceptors (Lipinski definition) is 3. The maximum absolute atomic E-state index is 11.7. The van der Waals surface area contributed by atoms with Crippen LogP contribution in [0.3, 0.4) is 0 Å². The van der Waals surface area contributed by atoms with Gasteiger partial charge in [0.25, 0.3) is 0 Å². The van der Waals surface area contributed by atoms with Crippen LogP contribution in [-0.4, -0.2) is 25.2 Å². The molecule has 0 amide bonds. The Bertz CT molecular complexity index is 362. The standard InChI is InChI=1S/C15H23NO2/c1-11(2)16-14(15(17)18-4)10-12(3)13-8-6-5-7-9-13/h5-9,11-12,14,16H,10H2,1-4H3. The van der Waals surface area contributed by atoms with E-state index >= 15 is 0 Å². The van der Waals surface area contributed by atoms with E-state index in [0.29, 0.717) is 5.92 Å². The van der Waals surface area contributed by atoms with Gasteiger partial charge in [0.2, 0.25) is 0 Å². The van der Waals surface area contributed by atoms with Crippen LogP contribution in [0.2, 0.25) is 0 Å². The van der Waals surface area contributed by atoms with Crippen LogP contribution in [0.15, 0.2) is 30.3 Å². The Labute approximate surface area is 110 Å².